The molecule has 9 heteroatoms. The fraction of sp³-hybridized carbons (Fsp3) is 0.0952. The van der Waals surface area contributed by atoms with Crippen molar-refractivity contribution in [3.8, 4) is 11.3 Å². The number of aryl methyl sites for hydroxylation is 3. The van der Waals surface area contributed by atoms with Crippen LogP contribution < -0.4 is 16.0 Å². The van der Waals surface area contributed by atoms with Gasteiger partial charge in [-0.25, -0.2) is 4.98 Å². The van der Waals surface area contributed by atoms with Crippen LogP contribution in [-0.2, 0) is 9.59 Å². The summed E-state index contributed by atoms with van der Waals surface area (Å²) in [5.41, 5.74) is 6.65. The van der Waals surface area contributed by atoms with Gasteiger partial charge < -0.3 is 16.0 Å². The minimum absolute atomic E-state index is 0.0986. The summed E-state index contributed by atoms with van der Waals surface area (Å²) in [5.74, 6) is -1.09. The molecule has 0 radical (unpaired) electrons. The second kappa shape index (κ2) is 16.3. The van der Waals surface area contributed by atoms with Crippen molar-refractivity contribution in [1.29, 1.82) is 0 Å². The van der Waals surface area contributed by atoms with Crippen molar-refractivity contribution < 1.29 is 14.4 Å². The highest BCUT2D eigenvalue weighted by molar-refractivity contribution is 8.00. The molecule has 0 aliphatic carbocycles. The fourth-order valence-electron chi connectivity index (χ4n) is 5.33. The summed E-state index contributed by atoms with van der Waals surface area (Å²) in [6.07, 6.45) is 1.67. The molecule has 51 heavy (non-hydrogen) atoms. The predicted molar refractivity (Wildman–Crippen MR) is 209 cm³/mol. The number of nitrogens with zero attached hydrogens (tertiary/aromatic N) is 1. The summed E-state index contributed by atoms with van der Waals surface area (Å²) in [4.78, 5) is 47.3. The van der Waals surface area contributed by atoms with Crippen molar-refractivity contribution in [1.82, 2.24) is 10.3 Å². The highest BCUT2D eigenvalue weighted by Gasteiger charge is 2.24. The molecular weight excluding hydrogens is 673 g/mol. The van der Waals surface area contributed by atoms with E-state index in [-0.39, 0.29) is 11.6 Å². The van der Waals surface area contributed by atoms with Crippen molar-refractivity contribution in [3.63, 3.8) is 0 Å². The molecule has 6 aromatic rings. The number of aromatic nitrogens is 1. The molecule has 0 aliphatic rings. The third kappa shape index (κ3) is 9.08. The Labute approximate surface area is 305 Å². The Morgan fingerprint density at radius 3 is 2.16 bits per heavy atom. The first kappa shape index (κ1) is 35.1. The van der Waals surface area contributed by atoms with Gasteiger partial charge in [0.1, 0.15) is 10.9 Å². The SMILES string of the molecule is Cc1ccc(-c2nc(NC(=O)C(Sc3cccc(NC(=O)/C(=C/c4ccccc4C)NC(=O)c4ccccc4)c3)c3ccccc3)sc2C)cc1. The number of nitrogens with one attached hydrogen (secondary N) is 3. The molecule has 3 N–H and O–H groups in total. The lowest BCUT2D eigenvalue weighted by Gasteiger charge is -2.17. The number of hydrogen-bond donors (Lipinski definition) is 3. The maximum Gasteiger partial charge on any atom is 0.272 e. The average molecular weight is 709 g/mol. The van der Waals surface area contributed by atoms with Crippen LogP contribution in [0.3, 0.4) is 0 Å². The second-order valence-electron chi connectivity index (χ2n) is 11.9. The van der Waals surface area contributed by atoms with E-state index < -0.39 is 17.1 Å². The smallest absolute Gasteiger partial charge is 0.272 e. The predicted octanol–water partition coefficient (Wildman–Crippen LogP) is 9.62. The quantitative estimate of drug-likeness (QED) is 0.0920. The van der Waals surface area contributed by atoms with Crippen LogP contribution in [0.25, 0.3) is 17.3 Å². The van der Waals surface area contributed by atoms with Gasteiger partial charge in [0.2, 0.25) is 5.91 Å². The molecule has 1 heterocycles. The summed E-state index contributed by atoms with van der Waals surface area (Å²) in [7, 11) is 0. The standard InChI is InChI=1S/C42H36N4O3S2/c1-27-21-23-30(24-22-27)37-29(3)50-42(45-37)46-41(49)38(31-14-6-4-7-15-31)51-35-20-12-19-34(26-35)43-40(48)36(25-33-18-11-10-13-28(33)2)44-39(47)32-16-8-5-9-17-32/h4-26,38H,1-3H3,(H,43,48)(H,44,47)(H,45,46,49)/b36-25-. The summed E-state index contributed by atoms with van der Waals surface area (Å²) in [5, 5.41) is 8.72. The van der Waals surface area contributed by atoms with E-state index in [9.17, 15) is 14.4 Å². The summed E-state index contributed by atoms with van der Waals surface area (Å²) in [6.45, 7) is 5.99. The topological polar surface area (TPSA) is 100 Å². The number of carbonyl (C=O) groups is 3. The van der Waals surface area contributed by atoms with Gasteiger partial charge in [-0.05, 0) is 73.9 Å². The molecule has 0 saturated carbocycles. The van der Waals surface area contributed by atoms with Crippen molar-refractivity contribution >= 4 is 57.7 Å². The van der Waals surface area contributed by atoms with E-state index in [0.717, 1.165) is 37.7 Å². The zero-order valence-corrected chi connectivity index (χ0v) is 30.0. The number of benzene rings is 5. The van der Waals surface area contributed by atoms with E-state index in [1.807, 2.05) is 124 Å². The molecule has 5 aromatic carbocycles. The number of thiazole rings is 1. The van der Waals surface area contributed by atoms with E-state index in [2.05, 4.69) is 16.0 Å². The van der Waals surface area contributed by atoms with E-state index in [0.29, 0.717) is 16.4 Å². The normalized spacial score (nSPS) is 11.8. The molecule has 0 spiro atoms. The van der Waals surface area contributed by atoms with Crippen molar-refractivity contribution in [2.45, 2.75) is 30.9 Å². The summed E-state index contributed by atoms with van der Waals surface area (Å²) < 4.78 is 0. The molecule has 1 aromatic heterocycles. The Balaban J connectivity index is 1.22. The number of hydrogen-bond acceptors (Lipinski definition) is 6. The van der Waals surface area contributed by atoms with Gasteiger partial charge in [0, 0.05) is 26.6 Å². The van der Waals surface area contributed by atoms with E-state index in [4.69, 9.17) is 4.98 Å². The van der Waals surface area contributed by atoms with Crippen LogP contribution in [-0.4, -0.2) is 22.7 Å². The molecule has 0 fully saturated rings. The Hall–Kier alpha value is -5.77. The van der Waals surface area contributed by atoms with Crippen LogP contribution >= 0.6 is 23.1 Å². The highest BCUT2D eigenvalue weighted by atomic mass is 32.2. The van der Waals surface area contributed by atoms with Crippen molar-refractivity contribution in [3.05, 3.63) is 172 Å². The number of amides is 3. The summed E-state index contributed by atoms with van der Waals surface area (Å²) >= 11 is 2.81. The minimum Gasteiger partial charge on any atom is -0.321 e. The molecule has 0 aliphatic heterocycles. The number of carbonyl (C=O) groups excluding carboxylic acids is 3. The van der Waals surface area contributed by atoms with E-state index in [1.54, 1.807) is 36.4 Å². The maximum atomic E-state index is 13.9. The van der Waals surface area contributed by atoms with Gasteiger partial charge in [-0.2, -0.15) is 0 Å². The van der Waals surface area contributed by atoms with Crippen LogP contribution in [0.5, 0.6) is 0 Å². The van der Waals surface area contributed by atoms with Crippen LogP contribution in [0.4, 0.5) is 10.8 Å². The molecule has 7 nitrogen and oxygen atoms in total. The van der Waals surface area contributed by atoms with Gasteiger partial charge in [0.15, 0.2) is 5.13 Å². The molecule has 0 bridgehead atoms. The minimum atomic E-state index is -0.606. The lowest BCUT2D eigenvalue weighted by atomic mass is 10.1. The monoisotopic (exact) mass is 708 g/mol. The van der Waals surface area contributed by atoms with Crippen LogP contribution in [0.2, 0.25) is 0 Å². The first-order valence-corrected chi connectivity index (χ1v) is 18.0. The Morgan fingerprint density at radius 1 is 0.745 bits per heavy atom. The van der Waals surface area contributed by atoms with Gasteiger partial charge in [-0.3, -0.25) is 14.4 Å². The van der Waals surface area contributed by atoms with E-state index >= 15 is 0 Å². The van der Waals surface area contributed by atoms with Crippen molar-refractivity contribution in [2.75, 3.05) is 10.6 Å². The fourth-order valence-corrected chi connectivity index (χ4v) is 7.25. The van der Waals surface area contributed by atoms with Crippen molar-refractivity contribution in [2.24, 2.45) is 0 Å². The van der Waals surface area contributed by atoms with Gasteiger partial charge in [-0.15, -0.1) is 23.1 Å². The van der Waals surface area contributed by atoms with Gasteiger partial charge in [0.25, 0.3) is 11.8 Å². The maximum absolute atomic E-state index is 13.9. The number of anilines is 2. The Morgan fingerprint density at radius 2 is 1.43 bits per heavy atom. The molecule has 1 atom stereocenters. The average Bonchev–Trinajstić information content (AvgIpc) is 3.51. The van der Waals surface area contributed by atoms with Gasteiger partial charge >= 0.3 is 0 Å². The molecule has 1 unspecified atom stereocenters. The number of thioether (sulfide) groups is 1. The molecule has 3 amide bonds. The van der Waals surface area contributed by atoms with Crippen LogP contribution in [0.1, 0.15) is 42.7 Å². The zero-order valence-electron chi connectivity index (χ0n) is 28.3. The second-order valence-corrected chi connectivity index (χ2v) is 14.3. The molecule has 6 rings (SSSR count). The summed E-state index contributed by atoms with van der Waals surface area (Å²) in [6, 6.07) is 41.4. The highest BCUT2D eigenvalue weighted by Crippen LogP contribution is 2.38. The first-order valence-electron chi connectivity index (χ1n) is 16.4. The third-order valence-electron chi connectivity index (χ3n) is 8.06. The molecule has 254 valence electrons. The van der Waals surface area contributed by atoms with Gasteiger partial charge in [-0.1, -0.05) is 109 Å². The lowest BCUT2D eigenvalue weighted by molar-refractivity contribution is -0.116. The molecule has 0 saturated heterocycles. The van der Waals surface area contributed by atoms with Crippen LogP contribution in [0, 0.1) is 20.8 Å². The molecular formula is C42H36N4O3S2. The third-order valence-corrected chi connectivity index (χ3v) is 10.2. The Bertz CT molecular complexity index is 2200. The Kier molecular flexibility index (Phi) is 11.2. The van der Waals surface area contributed by atoms with Crippen LogP contribution in [0.15, 0.2) is 144 Å². The zero-order chi connectivity index (χ0) is 35.7. The number of rotatable bonds is 11. The first-order chi connectivity index (χ1) is 24.7. The van der Waals surface area contributed by atoms with Gasteiger partial charge in [0.05, 0.1) is 5.69 Å². The largest absolute Gasteiger partial charge is 0.321 e. The lowest BCUT2D eigenvalue weighted by Crippen LogP contribution is -2.30. The van der Waals surface area contributed by atoms with E-state index in [1.165, 1.54) is 28.7 Å².